The van der Waals surface area contributed by atoms with Gasteiger partial charge in [0.25, 0.3) is 0 Å². The van der Waals surface area contributed by atoms with Crippen LogP contribution in [0.1, 0.15) is 35.4 Å². The van der Waals surface area contributed by atoms with Crippen LogP contribution in [0, 0.1) is 0 Å². The maximum atomic E-state index is 12.4. The minimum atomic E-state index is -1.10. The van der Waals surface area contributed by atoms with Crippen LogP contribution in [-0.4, -0.2) is 41.4 Å². The third-order valence-electron chi connectivity index (χ3n) is 6.10. The number of nitrogens with two attached hydrogens (primary N) is 1. The predicted octanol–water partition coefficient (Wildman–Crippen LogP) is 4.56. The summed E-state index contributed by atoms with van der Waals surface area (Å²) in [5.41, 5.74) is 5.56. The molecule has 0 saturated carbocycles. The van der Waals surface area contributed by atoms with Gasteiger partial charge in [-0.15, -0.1) is 12.4 Å². The Kier molecular flexibility index (Phi) is 9.25. The van der Waals surface area contributed by atoms with Crippen molar-refractivity contribution < 1.29 is 19.4 Å². The van der Waals surface area contributed by atoms with Crippen molar-refractivity contribution in [2.75, 3.05) is 13.2 Å². The number of nitrogens with zero attached hydrogens (tertiary/aromatic N) is 1. The van der Waals surface area contributed by atoms with Gasteiger partial charge in [0.2, 0.25) is 0 Å². The van der Waals surface area contributed by atoms with E-state index in [-0.39, 0.29) is 31.4 Å². The van der Waals surface area contributed by atoms with E-state index in [1.165, 1.54) is 0 Å². The van der Waals surface area contributed by atoms with E-state index in [9.17, 15) is 14.7 Å². The van der Waals surface area contributed by atoms with Gasteiger partial charge >= 0.3 is 12.1 Å². The Morgan fingerprint density at radius 3 is 2.11 bits per heavy atom. The van der Waals surface area contributed by atoms with Crippen LogP contribution < -0.4 is 11.2 Å². The molecule has 1 atom stereocenters. The lowest BCUT2D eigenvalue weighted by Gasteiger charge is -2.19. The quantitative estimate of drug-likeness (QED) is 0.281. The summed E-state index contributed by atoms with van der Waals surface area (Å²) in [7, 11) is 0. The van der Waals surface area contributed by atoms with Gasteiger partial charge in [-0.3, -0.25) is 5.84 Å². The number of ether oxygens (including phenoxy) is 1. The molecule has 3 aromatic rings. The van der Waals surface area contributed by atoms with E-state index in [1.807, 2.05) is 66.7 Å². The van der Waals surface area contributed by atoms with Crippen LogP contribution in [0.4, 0.5) is 4.79 Å². The summed E-state index contributed by atoms with van der Waals surface area (Å²) in [5, 5.41) is 13.7. The molecule has 0 aliphatic heterocycles. The van der Waals surface area contributed by atoms with Crippen LogP contribution in [0.2, 0.25) is 0 Å². The summed E-state index contributed by atoms with van der Waals surface area (Å²) >= 11 is 0. The van der Waals surface area contributed by atoms with Crippen molar-refractivity contribution in [2.24, 2.45) is 5.84 Å². The predicted molar refractivity (Wildman–Crippen MR) is 137 cm³/mol. The van der Waals surface area contributed by atoms with Gasteiger partial charge in [0.05, 0.1) is 0 Å². The Morgan fingerprint density at radius 1 is 0.943 bits per heavy atom. The minimum Gasteiger partial charge on any atom is -0.480 e. The first-order chi connectivity index (χ1) is 16.5. The normalized spacial score (nSPS) is 12.9. The summed E-state index contributed by atoms with van der Waals surface area (Å²) < 4.78 is 5.48. The zero-order valence-electron chi connectivity index (χ0n) is 19.3. The molecule has 1 unspecified atom stereocenters. The molecule has 3 aromatic carbocycles. The summed E-state index contributed by atoms with van der Waals surface area (Å²) in [6, 6.07) is 24.9. The second-order valence-electron chi connectivity index (χ2n) is 8.46. The Bertz CT molecular complexity index is 1100. The second-order valence-corrected chi connectivity index (χ2v) is 8.46. The Hall–Kier alpha value is -3.39. The molecule has 4 rings (SSSR count). The number of benzene rings is 3. The molecule has 0 saturated heterocycles. The highest BCUT2D eigenvalue weighted by Crippen LogP contribution is 2.44. The van der Waals surface area contributed by atoms with Crippen molar-refractivity contribution in [3.05, 3.63) is 95.6 Å². The highest BCUT2D eigenvalue weighted by molar-refractivity contribution is 5.85. The van der Waals surface area contributed by atoms with Crippen molar-refractivity contribution in [2.45, 2.75) is 31.3 Å². The van der Waals surface area contributed by atoms with Gasteiger partial charge in [-0.2, -0.15) is 0 Å². The second kappa shape index (κ2) is 12.4. The molecule has 184 valence electrons. The monoisotopic (exact) mass is 495 g/mol. The van der Waals surface area contributed by atoms with Gasteiger partial charge in [0, 0.05) is 19.0 Å². The molecule has 0 bridgehead atoms. The number of hydrogen-bond donors (Lipinski definition) is 3. The number of carbonyl (C=O) groups is 2. The fraction of sp³-hybridized carbons (Fsp3) is 0.259. The molecular weight excluding hydrogens is 466 g/mol. The first-order valence-corrected chi connectivity index (χ1v) is 11.4. The Balaban J connectivity index is 0.00000342. The number of amides is 1. The van der Waals surface area contributed by atoms with Crippen LogP contribution >= 0.6 is 12.4 Å². The third kappa shape index (κ3) is 6.60. The molecule has 1 aliphatic rings. The van der Waals surface area contributed by atoms with Gasteiger partial charge in [-0.1, -0.05) is 78.9 Å². The van der Waals surface area contributed by atoms with Crippen LogP contribution in [0.25, 0.3) is 11.1 Å². The number of fused-ring (bicyclic) bond motifs is 3. The lowest BCUT2D eigenvalue weighted by atomic mass is 9.98. The van der Waals surface area contributed by atoms with E-state index in [1.54, 1.807) is 5.01 Å². The molecule has 1 amide bonds. The fourth-order valence-corrected chi connectivity index (χ4v) is 4.44. The van der Waals surface area contributed by atoms with Crippen LogP contribution in [0.3, 0.4) is 0 Å². The number of alkyl carbamates (subject to hydrolysis) is 1. The van der Waals surface area contributed by atoms with Crippen molar-refractivity contribution >= 4 is 24.5 Å². The first kappa shape index (κ1) is 26.2. The number of carboxylic acid groups (broad SMARTS) is 1. The maximum absolute atomic E-state index is 12.4. The number of carboxylic acids is 1. The number of hydrogen-bond acceptors (Lipinski definition) is 5. The fourth-order valence-electron chi connectivity index (χ4n) is 4.44. The maximum Gasteiger partial charge on any atom is 0.407 e. The molecule has 0 heterocycles. The molecule has 0 spiro atoms. The molecule has 7 nitrogen and oxygen atoms in total. The molecule has 0 fully saturated rings. The third-order valence-corrected chi connectivity index (χ3v) is 6.10. The molecule has 0 aromatic heterocycles. The zero-order chi connectivity index (χ0) is 23.9. The molecule has 35 heavy (non-hydrogen) atoms. The van der Waals surface area contributed by atoms with Crippen LogP contribution in [0.15, 0.2) is 78.9 Å². The number of aliphatic carboxylic acids is 1. The Labute approximate surface area is 211 Å². The average molecular weight is 496 g/mol. The molecule has 0 radical (unpaired) electrons. The van der Waals surface area contributed by atoms with Crippen molar-refractivity contribution in [3.8, 4) is 11.1 Å². The van der Waals surface area contributed by atoms with E-state index in [2.05, 4.69) is 17.4 Å². The van der Waals surface area contributed by atoms with Crippen LogP contribution in [-0.2, 0) is 16.1 Å². The number of nitrogens with one attached hydrogen (secondary N) is 1. The van der Waals surface area contributed by atoms with Crippen molar-refractivity contribution in [3.63, 3.8) is 0 Å². The smallest absolute Gasteiger partial charge is 0.407 e. The largest absolute Gasteiger partial charge is 0.480 e. The van der Waals surface area contributed by atoms with Gasteiger partial charge < -0.3 is 15.2 Å². The van der Waals surface area contributed by atoms with E-state index in [4.69, 9.17) is 10.6 Å². The number of halogens is 1. The summed E-state index contributed by atoms with van der Waals surface area (Å²) in [4.78, 5) is 24.1. The van der Waals surface area contributed by atoms with E-state index < -0.39 is 18.1 Å². The topological polar surface area (TPSA) is 105 Å². The SMILES string of the molecule is Cl.NN(CCCC(NC(=O)OCC1c2ccccc2-c2ccccc21)C(=O)O)Cc1ccccc1. The summed E-state index contributed by atoms with van der Waals surface area (Å²) in [6.07, 6.45) is 0.0366. The van der Waals surface area contributed by atoms with Gasteiger partial charge in [-0.05, 0) is 40.7 Å². The lowest BCUT2D eigenvalue weighted by molar-refractivity contribution is -0.139. The highest BCUT2D eigenvalue weighted by Gasteiger charge is 2.29. The molecule has 1 aliphatic carbocycles. The van der Waals surface area contributed by atoms with Crippen molar-refractivity contribution in [1.82, 2.24) is 10.3 Å². The highest BCUT2D eigenvalue weighted by atomic mass is 35.5. The number of carbonyl (C=O) groups excluding carboxylic acids is 1. The van der Waals surface area contributed by atoms with E-state index in [0.29, 0.717) is 19.5 Å². The van der Waals surface area contributed by atoms with Crippen LogP contribution in [0.5, 0.6) is 0 Å². The van der Waals surface area contributed by atoms with E-state index in [0.717, 1.165) is 27.8 Å². The van der Waals surface area contributed by atoms with Gasteiger partial charge in [0.1, 0.15) is 12.6 Å². The Morgan fingerprint density at radius 2 is 1.51 bits per heavy atom. The zero-order valence-corrected chi connectivity index (χ0v) is 20.1. The standard InChI is InChI=1S/C27H29N3O4.ClH/c28-30(17-19-9-2-1-3-10-19)16-8-15-25(26(31)32)29-27(33)34-18-24-22-13-6-4-11-20(22)21-12-5-7-14-23(21)24;/h1-7,9-14,24-25H,8,15-18,28H2,(H,29,33)(H,31,32);1H. The van der Waals surface area contributed by atoms with Crippen molar-refractivity contribution in [1.29, 1.82) is 0 Å². The van der Waals surface area contributed by atoms with E-state index >= 15 is 0 Å². The number of rotatable bonds is 10. The number of hydrazine groups is 1. The first-order valence-electron chi connectivity index (χ1n) is 11.4. The van der Waals surface area contributed by atoms with Gasteiger partial charge in [-0.25, -0.2) is 14.6 Å². The average Bonchev–Trinajstić information content (AvgIpc) is 3.16. The molecular formula is C27H30ClN3O4. The minimum absolute atomic E-state index is 0. The van der Waals surface area contributed by atoms with Gasteiger partial charge in [0.15, 0.2) is 0 Å². The summed E-state index contributed by atoms with van der Waals surface area (Å²) in [6.45, 7) is 1.21. The lowest BCUT2D eigenvalue weighted by Crippen LogP contribution is -2.42. The molecule has 8 heteroatoms. The summed E-state index contributed by atoms with van der Waals surface area (Å²) in [5.74, 6) is 4.86. The molecule has 4 N–H and O–H groups in total.